The van der Waals surface area contributed by atoms with Crippen molar-refractivity contribution in [3.8, 4) is 6.07 Å². The Bertz CT molecular complexity index is 360. The number of hydrogen-bond donors (Lipinski definition) is 1. The van der Waals surface area contributed by atoms with E-state index < -0.39 is 0 Å². The third-order valence-electron chi connectivity index (χ3n) is 2.67. The minimum Gasteiger partial charge on any atom is -0.314 e. The highest BCUT2D eigenvalue weighted by Crippen LogP contribution is 2.27. The quantitative estimate of drug-likeness (QED) is 0.823. The smallest absolute Gasteiger partial charge is 0.133 e. The normalized spacial score (nSPS) is 19.7. The first-order valence-corrected chi connectivity index (χ1v) is 6.03. The summed E-state index contributed by atoms with van der Waals surface area (Å²) in [5.41, 5.74) is 0. The number of nitrogens with one attached hydrogen (secondary N) is 1. The number of nitriles is 1. The molecule has 1 fully saturated rings. The van der Waals surface area contributed by atoms with Crippen LogP contribution < -0.4 is 5.32 Å². The summed E-state index contributed by atoms with van der Waals surface area (Å²) in [6.45, 7) is 6.00. The van der Waals surface area contributed by atoms with Crippen LogP contribution in [0.4, 0.5) is 0 Å². The van der Waals surface area contributed by atoms with E-state index in [4.69, 9.17) is 0 Å². The van der Waals surface area contributed by atoms with Crippen molar-refractivity contribution in [2.75, 3.05) is 26.2 Å². The van der Waals surface area contributed by atoms with Crippen molar-refractivity contribution in [2.24, 2.45) is 0 Å². The number of thiophene rings is 1. The summed E-state index contributed by atoms with van der Waals surface area (Å²) in [6.07, 6.45) is 0. The minimum atomic E-state index is -0.0502. The second-order valence-electron chi connectivity index (χ2n) is 3.77. The van der Waals surface area contributed by atoms with Crippen LogP contribution in [0.1, 0.15) is 15.8 Å². The van der Waals surface area contributed by atoms with Gasteiger partial charge in [0.2, 0.25) is 0 Å². The maximum atomic E-state index is 9.24. The third-order valence-corrected chi connectivity index (χ3v) is 3.72. The van der Waals surface area contributed by atoms with Gasteiger partial charge in [-0.2, -0.15) is 5.26 Å². The van der Waals surface area contributed by atoms with E-state index in [0.29, 0.717) is 0 Å². The van der Waals surface area contributed by atoms with E-state index in [1.165, 1.54) is 9.75 Å². The largest absolute Gasteiger partial charge is 0.314 e. The Kier molecular flexibility index (Phi) is 3.37. The van der Waals surface area contributed by atoms with Crippen molar-refractivity contribution in [3.63, 3.8) is 0 Å². The zero-order valence-corrected chi connectivity index (χ0v) is 9.68. The van der Waals surface area contributed by atoms with E-state index in [-0.39, 0.29) is 6.04 Å². The Morgan fingerprint density at radius 2 is 2.20 bits per heavy atom. The van der Waals surface area contributed by atoms with Crippen molar-refractivity contribution in [2.45, 2.75) is 13.0 Å². The maximum Gasteiger partial charge on any atom is 0.133 e. The van der Waals surface area contributed by atoms with E-state index in [9.17, 15) is 5.26 Å². The fourth-order valence-corrected chi connectivity index (χ4v) is 2.82. The molecule has 1 aliphatic heterocycles. The third kappa shape index (κ3) is 2.37. The molecule has 1 atom stereocenters. The summed E-state index contributed by atoms with van der Waals surface area (Å²) in [7, 11) is 0. The molecule has 2 heterocycles. The lowest BCUT2D eigenvalue weighted by Crippen LogP contribution is -2.44. The first kappa shape index (κ1) is 10.6. The van der Waals surface area contributed by atoms with Crippen LogP contribution in [0.25, 0.3) is 0 Å². The summed E-state index contributed by atoms with van der Waals surface area (Å²) >= 11 is 1.73. The summed E-state index contributed by atoms with van der Waals surface area (Å²) in [4.78, 5) is 4.71. The molecule has 1 aromatic rings. The van der Waals surface area contributed by atoms with Gasteiger partial charge in [-0.3, -0.25) is 4.90 Å². The van der Waals surface area contributed by atoms with Crippen LogP contribution in [-0.2, 0) is 0 Å². The molecule has 2 rings (SSSR count). The highest BCUT2D eigenvalue weighted by molar-refractivity contribution is 7.12. The van der Waals surface area contributed by atoms with Crippen LogP contribution in [0.15, 0.2) is 12.1 Å². The zero-order chi connectivity index (χ0) is 10.7. The molecule has 0 spiro atoms. The van der Waals surface area contributed by atoms with Gasteiger partial charge in [0.05, 0.1) is 6.07 Å². The topological polar surface area (TPSA) is 39.1 Å². The van der Waals surface area contributed by atoms with Gasteiger partial charge in [0.25, 0.3) is 0 Å². The Hall–Kier alpha value is -0.890. The molecule has 0 radical (unpaired) electrons. The van der Waals surface area contributed by atoms with E-state index in [0.717, 1.165) is 26.2 Å². The number of hydrogen-bond acceptors (Lipinski definition) is 4. The summed E-state index contributed by atoms with van der Waals surface area (Å²) < 4.78 is 0. The molecule has 80 valence electrons. The van der Waals surface area contributed by atoms with Crippen LogP contribution >= 0.6 is 11.3 Å². The highest BCUT2D eigenvalue weighted by atomic mass is 32.1. The average Bonchev–Trinajstić information content (AvgIpc) is 2.68. The van der Waals surface area contributed by atoms with E-state index in [2.05, 4.69) is 35.3 Å². The molecule has 0 aromatic carbocycles. The molecular formula is C11H15N3S. The number of rotatable bonds is 2. The van der Waals surface area contributed by atoms with Crippen molar-refractivity contribution in [3.05, 3.63) is 21.9 Å². The van der Waals surface area contributed by atoms with E-state index >= 15 is 0 Å². The minimum absolute atomic E-state index is 0.0502. The predicted molar refractivity (Wildman–Crippen MR) is 61.9 cm³/mol. The van der Waals surface area contributed by atoms with Gasteiger partial charge in [-0.15, -0.1) is 11.3 Å². The van der Waals surface area contributed by atoms with Gasteiger partial charge < -0.3 is 5.32 Å². The lowest BCUT2D eigenvalue weighted by Gasteiger charge is -2.30. The highest BCUT2D eigenvalue weighted by Gasteiger charge is 2.22. The van der Waals surface area contributed by atoms with Gasteiger partial charge in [0.15, 0.2) is 0 Å². The lowest BCUT2D eigenvalue weighted by molar-refractivity contribution is 0.210. The van der Waals surface area contributed by atoms with E-state index in [1.807, 2.05) is 0 Å². The number of piperazine rings is 1. The fourth-order valence-electron chi connectivity index (χ4n) is 1.87. The SMILES string of the molecule is Cc1ccc(C(C#N)N2CCNCC2)s1. The number of aryl methyl sites for hydroxylation is 1. The van der Waals surface area contributed by atoms with Crippen LogP contribution in [0, 0.1) is 18.3 Å². The molecular weight excluding hydrogens is 206 g/mol. The van der Waals surface area contributed by atoms with Crippen molar-refractivity contribution in [1.29, 1.82) is 5.26 Å². The van der Waals surface area contributed by atoms with Crippen molar-refractivity contribution >= 4 is 11.3 Å². The molecule has 0 aliphatic carbocycles. The molecule has 0 saturated carbocycles. The fraction of sp³-hybridized carbons (Fsp3) is 0.545. The molecule has 1 aliphatic rings. The van der Waals surface area contributed by atoms with Gasteiger partial charge in [-0.05, 0) is 19.1 Å². The van der Waals surface area contributed by atoms with Crippen molar-refractivity contribution < 1.29 is 0 Å². The first-order valence-electron chi connectivity index (χ1n) is 5.22. The molecule has 3 nitrogen and oxygen atoms in total. The van der Waals surface area contributed by atoms with Crippen LogP contribution in [0.3, 0.4) is 0 Å². The zero-order valence-electron chi connectivity index (χ0n) is 8.86. The average molecular weight is 221 g/mol. The lowest BCUT2D eigenvalue weighted by atomic mass is 10.2. The maximum absolute atomic E-state index is 9.24. The summed E-state index contributed by atoms with van der Waals surface area (Å²) in [5.74, 6) is 0. The van der Waals surface area contributed by atoms with Crippen molar-refractivity contribution in [1.82, 2.24) is 10.2 Å². The molecule has 15 heavy (non-hydrogen) atoms. The first-order chi connectivity index (χ1) is 7.31. The molecule has 0 amide bonds. The molecule has 1 unspecified atom stereocenters. The Morgan fingerprint density at radius 1 is 1.47 bits per heavy atom. The van der Waals surface area contributed by atoms with E-state index in [1.54, 1.807) is 11.3 Å². The molecule has 4 heteroatoms. The second-order valence-corrected chi connectivity index (χ2v) is 5.09. The van der Waals surface area contributed by atoms with Gasteiger partial charge in [-0.1, -0.05) is 0 Å². The van der Waals surface area contributed by atoms with Crippen LogP contribution in [0.5, 0.6) is 0 Å². The Balaban J connectivity index is 2.13. The van der Waals surface area contributed by atoms with Gasteiger partial charge in [0.1, 0.15) is 6.04 Å². The van der Waals surface area contributed by atoms with Gasteiger partial charge in [-0.25, -0.2) is 0 Å². The monoisotopic (exact) mass is 221 g/mol. The molecule has 1 saturated heterocycles. The molecule has 1 aromatic heterocycles. The molecule has 1 N–H and O–H groups in total. The van der Waals surface area contributed by atoms with Gasteiger partial charge in [0, 0.05) is 35.9 Å². The second kappa shape index (κ2) is 4.75. The Labute approximate surface area is 94.3 Å². The van der Waals surface area contributed by atoms with Gasteiger partial charge >= 0.3 is 0 Å². The predicted octanol–water partition coefficient (Wildman–Crippen LogP) is 1.53. The van der Waals surface area contributed by atoms with Crippen LogP contribution in [-0.4, -0.2) is 31.1 Å². The van der Waals surface area contributed by atoms with Crippen LogP contribution in [0.2, 0.25) is 0 Å². The summed E-state index contributed by atoms with van der Waals surface area (Å²) in [6, 6.07) is 6.53. The number of nitrogens with zero attached hydrogens (tertiary/aromatic N) is 2. The Morgan fingerprint density at radius 3 is 2.73 bits per heavy atom. The summed E-state index contributed by atoms with van der Waals surface area (Å²) in [5, 5.41) is 12.5. The standard InChI is InChI=1S/C11H15N3S/c1-9-2-3-11(15-9)10(8-12)14-6-4-13-5-7-14/h2-3,10,13H,4-7H2,1H3. The molecule has 0 bridgehead atoms.